The normalized spacial score (nSPS) is 21.8. The summed E-state index contributed by atoms with van der Waals surface area (Å²) >= 11 is 0. The SMILES string of the molecule is O=C1NC(Cc2ccccc2)C(=O)C1c1ccccc1. The predicted molar refractivity (Wildman–Crippen MR) is 76.3 cm³/mol. The maximum atomic E-state index is 12.4. The van der Waals surface area contributed by atoms with Gasteiger partial charge in [-0.3, -0.25) is 9.59 Å². The molecule has 1 aliphatic heterocycles. The van der Waals surface area contributed by atoms with Crippen LogP contribution in [0.25, 0.3) is 0 Å². The molecule has 0 spiro atoms. The molecule has 1 amide bonds. The number of rotatable bonds is 3. The van der Waals surface area contributed by atoms with Gasteiger partial charge in [-0.05, 0) is 17.5 Å². The second-order valence-electron chi connectivity index (χ2n) is 5.00. The highest BCUT2D eigenvalue weighted by molar-refractivity contribution is 6.15. The van der Waals surface area contributed by atoms with Crippen molar-refractivity contribution in [2.45, 2.75) is 18.4 Å². The van der Waals surface area contributed by atoms with Gasteiger partial charge in [0.1, 0.15) is 5.92 Å². The molecular formula is C17H15NO2. The lowest BCUT2D eigenvalue weighted by Gasteiger charge is -2.09. The third-order valence-electron chi connectivity index (χ3n) is 3.62. The van der Waals surface area contributed by atoms with E-state index < -0.39 is 12.0 Å². The van der Waals surface area contributed by atoms with E-state index >= 15 is 0 Å². The number of amides is 1. The van der Waals surface area contributed by atoms with Crippen LogP contribution in [0.2, 0.25) is 0 Å². The number of carbonyl (C=O) groups is 2. The summed E-state index contributed by atoms with van der Waals surface area (Å²) in [6.45, 7) is 0. The number of benzene rings is 2. The van der Waals surface area contributed by atoms with E-state index in [9.17, 15) is 9.59 Å². The van der Waals surface area contributed by atoms with Crippen molar-refractivity contribution in [3.8, 4) is 0 Å². The van der Waals surface area contributed by atoms with Crippen LogP contribution in [0.3, 0.4) is 0 Å². The Kier molecular flexibility index (Phi) is 3.33. The van der Waals surface area contributed by atoms with Crippen molar-refractivity contribution in [1.29, 1.82) is 0 Å². The number of Topliss-reactive ketones (excluding diaryl/α,β-unsaturated/α-hetero) is 1. The van der Waals surface area contributed by atoms with E-state index in [1.165, 1.54) is 0 Å². The molecular weight excluding hydrogens is 250 g/mol. The van der Waals surface area contributed by atoms with Crippen molar-refractivity contribution < 1.29 is 9.59 Å². The maximum absolute atomic E-state index is 12.4. The summed E-state index contributed by atoms with van der Waals surface area (Å²) in [5, 5.41) is 2.81. The standard InChI is InChI=1S/C17H15NO2/c19-16-14(11-12-7-3-1-4-8-12)18-17(20)15(16)13-9-5-2-6-10-13/h1-10,14-15H,11H2,(H,18,20). The maximum Gasteiger partial charge on any atom is 0.235 e. The largest absolute Gasteiger partial charge is 0.345 e. The summed E-state index contributed by atoms with van der Waals surface area (Å²) < 4.78 is 0. The van der Waals surface area contributed by atoms with Crippen molar-refractivity contribution in [2.24, 2.45) is 0 Å². The van der Waals surface area contributed by atoms with Gasteiger partial charge in [0.05, 0.1) is 6.04 Å². The first kappa shape index (κ1) is 12.6. The van der Waals surface area contributed by atoms with Crippen LogP contribution >= 0.6 is 0 Å². The molecule has 100 valence electrons. The fraction of sp³-hybridized carbons (Fsp3) is 0.176. The molecule has 2 aromatic carbocycles. The van der Waals surface area contributed by atoms with Gasteiger partial charge in [0.2, 0.25) is 5.91 Å². The van der Waals surface area contributed by atoms with E-state index in [0.29, 0.717) is 6.42 Å². The van der Waals surface area contributed by atoms with Crippen LogP contribution in [0.5, 0.6) is 0 Å². The van der Waals surface area contributed by atoms with Gasteiger partial charge in [-0.25, -0.2) is 0 Å². The molecule has 0 aliphatic carbocycles. The Morgan fingerprint density at radius 3 is 2.10 bits per heavy atom. The van der Waals surface area contributed by atoms with Crippen LogP contribution in [0.15, 0.2) is 60.7 Å². The molecule has 3 rings (SSSR count). The van der Waals surface area contributed by atoms with Crippen molar-refractivity contribution in [3.05, 3.63) is 71.8 Å². The van der Waals surface area contributed by atoms with Gasteiger partial charge in [-0.15, -0.1) is 0 Å². The molecule has 3 nitrogen and oxygen atoms in total. The third kappa shape index (κ3) is 2.35. The first-order chi connectivity index (χ1) is 9.75. The fourth-order valence-corrected chi connectivity index (χ4v) is 2.62. The zero-order valence-electron chi connectivity index (χ0n) is 11.0. The average molecular weight is 265 g/mol. The number of nitrogens with one attached hydrogen (secondary N) is 1. The topological polar surface area (TPSA) is 46.2 Å². The van der Waals surface area contributed by atoms with Gasteiger partial charge in [0, 0.05) is 0 Å². The van der Waals surface area contributed by atoms with E-state index in [1.807, 2.05) is 60.7 Å². The Balaban J connectivity index is 1.81. The summed E-state index contributed by atoms with van der Waals surface area (Å²) in [6, 6.07) is 18.5. The second kappa shape index (κ2) is 5.29. The van der Waals surface area contributed by atoms with Crippen LogP contribution in [-0.2, 0) is 16.0 Å². The number of carbonyl (C=O) groups excluding carboxylic acids is 2. The second-order valence-corrected chi connectivity index (χ2v) is 5.00. The lowest BCUT2D eigenvalue weighted by Crippen LogP contribution is -2.31. The van der Waals surface area contributed by atoms with E-state index in [4.69, 9.17) is 0 Å². The third-order valence-corrected chi connectivity index (χ3v) is 3.62. The van der Waals surface area contributed by atoms with Crippen LogP contribution in [0.1, 0.15) is 17.0 Å². The highest BCUT2D eigenvalue weighted by atomic mass is 16.2. The molecule has 0 aromatic heterocycles. The lowest BCUT2D eigenvalue weighted by molar-refractivity contribution is -0.124. The molecule has 1 fully saturated rings. The van der Waals surface area contributed by atoms with Crippen LogP contribution in [0, 0.1) is 0 Å². The first-order valence-corrected chi connectivity index (χ1v) is 6.68. The van der Waals surface area contributed by atoms with E-state index in [2.05, 4.69) is 5.32 Å². The summed E-state index contributed by atoms with van der Waals surface area (Å²) in [4.78, 5) is 24.5. The molecule has 1 aliphatic rings. The Morgan fingerprint density at radius 2 is 1.45 bits per heavy atom. The van der Waals surface area contributed by atoms with Gasteiger partial charge in [0.25, 0.3) is 0 Å². The molecule has 0 saturated carbocycles. The first-order valence-electron chi connectivity index (χ1n) is 6.68. The van der Waals surface area contributed by atoms with Crippen LogP contribution in [-0.4, -0.2) is 17.7 Å². The Hall–Kier alpha value is -2.42. The van der Waals surface area contributed by atoms with Crippen molar-refractivity contribution in [1.82, 2.24) is 5.32 Å². The smallest absolute Gasteiger partial charge is 0.235 e. The molecule has 2 atom stereocenters. The number of ketones is 1. The van der Waals surface area contributed by atoms with E-state index in [0.717, 1.165) is 11.1 Å². The number of hydrogen-bond donors (Lipinski definition) is 1. The average Bonchev–Trinajstić information content (AvgIpc) is 2.75. The molecule has 2 unspecified atom stereocenters. The molecule has 2 aromatic rings. The minimum absolute atomic E-state index is 0.0370. The minimum atomic E-state index is -0.662. The van der Waals surface area contributed by atoms with Crippen molar-refractivity contribution >= 4 is 11.7 Å². The predicted octanol–water partition coefficient (Wildman–Crippen LogP) is 2.08. The zero-order valence-corrected chi connectivity index (χ0v) is 11.0. The van der Waals surface area contributed by atoms with Gasteiger partial charge >= 0.3 is 0 Å². The van der Waals surface area contributed by atoms with Gasteiger partial charge in [-0.2, -0.15) is 0 Å². The zero-order chi connectivity index (χ0) is 13.9. The van der Waals surface area contributed by atoms with Gasteiger partial charge < -0.3 is 5.32 Å². The Morgan fingerprint density at radius 1 is 0.850 bits per heavy atom. The van der Waals surface area contributed by atoms with Gasteiger partial charge in [0.15, 0.2) is 5.78 Å². The monoisotopic (exact) mass is 265 g/mol. The molecule has 20 heavy (non-hydrogen) atoms. The summed E-state index contributed by atoms with van der Waals surface area (Å²) in [6.07, 6.45) is 0.550. The summed E-state index contributed by atoms with van der Waals surface area (Å²) in [5.41, 5.74) is 1.82. The van der Waals surface area contributed by atoms with Crippen molar-refractivity contribution in [3.63, 3.8) is 0 Å². The van der Waals surface area contributed by atoms with E-state index in [1.54, 1.807) is 0 Å². The van der Waals surface area contributed by atoms with Crippen LogP contribution in [0.4, 0.5) is 0 Å². The quantitative estimate of drug-likeness (QED) is 0.864. The van der Waals surface area contributed by atoms with Crippen molar-refractivity contribution in [2.75, 3.05) is 0 Å². The minimum Gasteiger partial charge on any atom is -0.345 e. The van der Waals surface area contributed by atoms with Gasteiger partial charge in [-0.1, -0.05) is 60.7 Å². The Labute approximate surface area is 117 Å². The molecule has 0 bridgehead atoms. The fourth-order valence-electron chi connectivity index (χ4n) is 2.62. The van der Waals surface area contributed by atoms with E-state index in [-0.39, 0.29) is 11.7 Å². The van der Waals surface area contributed by atoms with Crippen LogP contribution < -0.4 is 5.32 Å². The summed E-state index contributed by atoms with van der Waals surface area (Å²) in [7, 11) is 0. The Bertz CT molecular complexity index is 622. The molecule has 3 heteroatoms. The summed E-state index contributed by atoms with van der Waals surface area (Å²) in [5.74, 6) is -0.892. The molecule has 1 N–H and O–H groups in total. The number of hydrogen-bond acceptors (Lipinski definition) is 2. The molecule has 1 saturated heterocycles. The molecule has 0 radical (unpaired) electrons. The highest BCUT2D eigenvalue weighted by Gasteiger charge is 2.41. The highest BCUT2D eigenvalue weighted by Crippen LogP contribution is 2.25. The lowest BCUT2D eigenvalue weighted by atomic mass is 9.92. The molecule has 1 heterocycles.